The Morgan fingerprint density at radius 1 is 1.05 bits per heavy atom. The Kier molecular flexibility index (Phi) is 6.56. The van der Waals surface area contributed by atoms with Crippen molar-refractivity contribution >= 4 is 11.6 Å². The van der Waals surface area contributed by atoms with E-state index in [1.807, 2.05) is 23.1 Å². The monoisotopic (exact) mass is 276 g/mol. The maximum absolute atomic E-state index is 12.6. The number of hydrogen-bond acceptors (Lipinski definition) is 2. The van der Waals surface area contributed by atoms with Gasteiger partial charge in [-0.1, -0.05) is 39.8 Å². The van der Waals surface area contributed by atoms with Gasteiger partial charge in [0.05, 0.1) is 5.56 Å². The zero-order chi connectivity index (χ0) is 15.1. The molecule has 3 heteroatoms. The van der Waals surface area contributed by atoms with E-state index in [0.717, 1.165) is 25.9 Å². The summed E-state index contributed by atoms with van der Waals surface area (Å²) in [7, 11) is 0. The Morgan fingerprint density at radius 3 is 2.00 bits per heavy atom. The van der Waals surface area contributed by atoms with Crippen molar-refractivity contribution in [3.63, 3.8) is 0 Å². The van der Waals surface area contributed by atoms with Crippen LogP contribution in [-0.4, -0.2) is 23.9 Å². The molecule has 0 aliphatic heterocycles. The molecule has 112 valence electrons. The molecule has 0 fully saturated rings. The number of nitrogens with zero attached hydrogens (tertiary/aromatic N) is 1. The highest BCUT2D eigenvalue weighted by Gasteiger charge is 2.18. The number of carbonyl (C=O) groups is 1. The van der Waals surface area contributed by atoms with Crippen molar-refractivity contribution in [2.45, 2.75) is 40.5 Å². The van der Waals surface area contributed by atoms with E-state index in [-0.39, 0.29) is 5.91 Å². The number of benzene rings is 1. The highest BCUT2D eigenvalue weighted by molar-refractivity contribution is 5.99. The van der Waals surface area contributed by atoms with Gasteiger partial charge >= 0.3 is 0 Å². The summed E-state index contributed by atoms with van der Waals surface area (Å²) in [5.41, 5.74) is 7.11. The molecule has 1 aromatic carbocycles. The highest BCUT2D eigenvalue weighted by Crippen LogP contribution is 2.16. The second kappa shape index (κ2) is 7.93. The molecule has 0 aromatic heterocycles. The topological polar surface area (TPSA) is 46.3 Å². The lowest BCUT2D eigenvalue weighted by atomic mass is 10.1. The van der Waals surface area contributed by atoms with Gasteiger partial charge in [0.15, 0.2) is 0 Å². The van der Waals surface area contributed by atoms with Crippen molar-refractivity contribution in [2.24, 2.45) is 11.8 Å². The first-order valence-electron chi connectivity index (χ1n) is 7.55. The second-order valence-electron chi connectivity index (χ2n) is 6.24. The van der Waals surface area contributed by atoms with Crippen LogP contribution >= 0.6 is 0 Å². The molecule has 20 heavy (non-hydrogen) atoms. The third-order valence-corrected chi connectivity index (χ3v) is 3.43. The minimum Gasteiger partial charge on any atom is -0.398 e. The molecular weight excluding hydrogens is 248 g/mol. The van der Waals surface area contributed by atoms with Gasteiger partial charge in [-0.25, -0.2) is 0 Å². The minimum absolute atomic E-state index is 0.0596. The Labute approximate surface area is 123 Å². The minimum atomic E-state index is 0.0596. The summed E-state index contributed by atoms with van der Waals surface area (Å²) >= 11 is 0. The van der Waals surface area contributed by atoms with Crippen molar-refractivity contribution in [2.75, 3.05) is 18.8 Å². The summed E-state index contributed by atoms with van der Waals surface area (Å²) in [6, 6.07) is 7.33. The Hall–Kier alpha value is -1.51. The molecule has 0 unspecified atom stereocenters. The van der Waals surface area contributed by atoms with Crippen LogP contribution in [0.4, 0.5) is 5.69 Å². The SMILES string of the molecule is CC(C)CCN(CCC(C)C)C(=O)c1ccccc1N. The van der Waals surface area contributed by atoms with E-state index in [1.165, 1.54) is 0 Å². The van der Waals surface area contributed by atoms with Gasteiger partial charge in [0.25, 0.3) is 5.91 Å². The van der Waals surface area contributed by atoms with E-state index in [4.69, 9.17) is 5.73 Å². The smallest absolute Gasteiger partial charge is 0.255 e. The van der Waals surface area contributed by atoms with Crippen LogP contribution in [0, 0.1) is 11.8 Å². The molecule has 0 spiro atoms. The largest absolute Gasteiger partial charge is 0.398 e. The van der Waals surface area contributed by atoms with Gasteiger partial charge in [0.2, 0.25) is 0 Å². The zero-order valence-corrected chi connectivity index (χ0v) is 13.2. The Balaban J connectivity index is 2.80. The molecule has 0 saturated heterocycles. The third-order valence-electron chi connectivity index (χ3n) is 3.43. The highest BCUT2D eigenvalue weighted by atomic mass is 16.2. The van der Waals surface area contributed by atoms with Crippen LogP contribution in [0.1, 0.15) is 50.9 Å². The van der Waals surface area contributed by atoms with E-state index < -0.39 is 0 Å². The average Bonchev–Trinajstić information content (AvgIpc) is 2.38. The molecule has 0 atom stereocenters. The maximum atomic E-state index is 12.6. The van der Waals surface area contributed by atoms with Crippen LogP contribution in [0.5, 0.6) is 0 Å². The number of para-hydroxylation sites is 1. The molecule has 3 nitrogen and oxygen atoms in total. The first kappa shape index (κ1) is 16.5. The van der Waals surface area contributed by atoms with Crippen LogP contribution in [-0.2, 0) is 0 Å². The summed E-state index contributed by atoms with van der Waals surface area (Å²) in [6.07, 6.45) is 2.05. The van der Waals surface area contributed by atoms with Gasteiger partial charge in [0.1, 0.15) is 0 Å². The van der Waals surface area contributed by atoms with Crippen LogP contribution in [0.3, 0.4) is 0 Å². The molecule has 2 N–H and O–H groups in total. The fourth-order valence-corrected chi connectivity index (χ4v) is 2.01. The van der Waals surface area contributed by atoms with Crippen molar-refractivity contribution in [1.29, 1.82) is 0 Å². The van der Waals surface area contributed by atoms with Crippen LogP contribution < -0.4 is 5.73 Å². The summed E-state index contributed by atoms with van der Waals surface area (Å²) in [5.74, 6) is 1.25. The number of nitrogen functional groups attached to an aromatic ring is 1. The van der Waals surface area contributed by atoms with E-state index in [0.29, 0.717) is 23.1 Å². The lowest BCUT2D eigenvalue weighted by Crippen LogP contribution is -2.34. The van der Waals surface area contributed by atoms with E-state index in [9.17, 15) is 4.79 Å². The number of hydrogen-bond donors (Lipinski definition) is 1. The fraction of sp³-hybridized carbons (Fsp3) is 0.588. The van der Waals surface area contributed by atoms with Gasteiger partial charge in [0, 0.05) is 18.8 Å². The van der Waals surface area contributed by atoms with Crippen molar-refractivity contribution < 1.29 is 4.79 Å². The van der Waals surface area contributed by atoms with E-state index >= 15 is 0 Å². The summed E-state index contributed by atoms with van der Waals surface area (Å²) < 4.78 is 0. The molecular formula is C17H28N2O. The van der Waals surface area contributed by atoms with Crippen LogP contribution in [0.25, 0.3) is 0 Å². The van der Waals surface area contributed by atoms with Crippen LogP contribution in [0.15, 0.2) is 24.3 Å². The van der Waals surface area contributed by atoms with Gasteiger partial charge in [-0.2, -0.15) is 0 Å². The zero-order valence-electron chi connectivity index (χ0n) is 13.2. The molecule has 1 aromatic rings. The number of nitrogens with two attached hydrogens (primary N) is 1. The predicted molar refractivity (Wildman–Crippen MR) is 85.7 cm³/mol. The van der Waals surface area contributed by atoms with Crippen molar-refractivity contribution in [3.8, 4) is 0 Å². The molecule has 0 radical (unpaired) electrons. The normalized spacial score (nSPS) is 11.1. The number of anilines is 1. The molecule has 0 aliphatic carbocycles. The molecule has 0 saturated carbocycles. The summed E-state index contributed by atoms with van der Waals surface area (Å²) in [4.78, 5) is 14.6. The first-order chi connectivity index (χ1) is 9.41. The second-order valence-corrected chi connectivity index (χ2v) is 6.24. The summed E-state index contributed by atoms with van der Waals surface area (Å²) in [6.45, 7) is 10.3. The Bertz CT molecular complexity index is 415. The lowest BCUT2D eigenvalue weighted by Gasteiger charge is -2.25. The fourth-order valence-electron chi connectivity index (χ4n) is 2.01. The Morgan fingerprint density at radius 2 is 1.55 bits per heavy atom. The van der Waals surface area contributed by atoms with E-state index in [1.54, 1.807) is 6.07 Å². The first-order valence-corrected chi connectivity index (χ1v) is 7.55. The van der Waals surface area contributed by atoms with Gasteiger partial charge < -0.3 is 10.6 Å². The number of carbonyl (C=O) groups excluding carboxylic acids is 1. The predicted octanol–water partition coefficient (Wildman–Crippen LogP) is 3.80. The molecule has 1 rings (SSSR count). The van der Waals surface area contributed by atoms with Gasteiger partial charge in [-0.15, -0.1) is 0 Å². The summed E-state index contributed by atoms with van der Waals surface area (Å²) in [5, 5.41) is 0. The standard InChI is InChI=1S/C17H28N2O/c1-13(2)9-11-19(12-10-14(3)4)17(20)15-7-5-6-8-16(15)18/h5-8,13-14H,9-12,18H2,1-4H3. The van der Waals surface area contributed by atoms with Crippen molar-refractivity contribution in [3.05, 3.63) is 29.8 Å². The molecule has 0 aliphatic rings. The van der Waals surface area contributed by atoms with E-state index in [2.05, 4.69) is 27.7 Å². The van der Waals surface area contributed by atoms with Crippen molar-refractivity contribution in [1.82, 2.24) is 4.90 Å². The van der Waals surface area contributed by atoms with Crippen LogP contribution in [0.2, 0.25) is 0 Å². The average molecular weight is 276 g/mol. The van der Waals surface area contributed by atoms with Gasteiger partial charge in [-0.05, 0) is 36.8 Å². The number of rotatable bonds is 7. The third kappa shape index (κ3) is 5.24. The molecule has 1 amide bonds. The molecule has 0 bridgehead atoms. The quantitative estimate of drug-likeness (QED) is 0.770. The lowest BCUT2D eigenvalue weighted by molar-refractivity contribution is 0.0742. The molecule has 0 heterocycles. The van der Waals surface area contributed by atoms with Gasteiger partial charge in [-0.3, -0.25) is 4.79 Å². The number of amides is 1. The maximum Gasteiger partial charge on any atom is 0.255 e.